The van der Waals surface area contributed by atoms with Crippen molar-refractivity contribution in [3.63, 3.8) is 0 Å². The third kappa shape index (κ3) is 4.25. The average molecular weight is 451 g/mol. The summed E-state index contributed by atoms with van der Waals surface area (Å²) in [5.74, 6) is 0.285. The number of H-pyrrole nitrogens is 1. The summed E-state index contributed by atoms with van der Waals surface area (Å²) in [7, 11) is 0. The fourth-order valence-corrected chi connectivity index (χ4v) is 3.95. The lowest BCUT2D eigenvalue weighted by Crippen LogP contribution is -2.17. The van der Waals surface area contributed by atoms with Crippen LogP contribution in [0.15, 0.2) is 54.6 Å². The zero-order chi connectivity index (χ0) is 21.5. The molecule has 3 nitrogen and oxygen atoms in total. The first-order valence-electron chi connectivity index (χ1n) is 8.98. The van der Waals surface area contributed by atoms with Gasteiger partial charge in [-0.15, -0.1) is 13.2 Å². The third-order valence-electron chi connectivity index (χ3n) is 4.59. The number of ether oxygens (including phenoxy) is 1. The van der Waals surface area contributed by atoms with Gasteiger partial charge in [0.2, 0.25) is 0 Å². The van der Waals surface area contributed by atoms with Crippen molar-refractivity contribution in [2.75, 3.05) is 0 Å². The topological polar surface area (TPSA) is 37.9 Å². The lowest BCUT2D eigenvalue weighted by atomic mass is 10.0. The second-order valence-electron chi connectivity index (χ2n) is 6.83. The van der Waals surface area contributed by atoms with Crippen LogP contribution in [0.3, 0.4) is 0 Å². The van der Waals surface area contributed by atoms with E-state index in [4.69, 9.17) is 23.2 Å². The van der Waals surface area contributed by atoms with Gasteiger partial charge < -0.3 is 9.72 Å². The number of aromatic nitrogens is 2. The number of hydrogen-bond acceptors (Lipinski definition) is 2. The molecule has 4 rings (SSSR count). The van der Waals surface area contributed by atoms with E-state index in [0.717, 1.165) is 11.1 Å². The number of halogens is 5. The van der Waals surface area contributed by atoms with Crippen LogP contribution in [0, 0.1) is 6.92 Å². The van der Waals surface area contributed by atoms with Crippen LogP contribution in [0.2, 0.25) is 10.0 Å². The van der Waals surface area contributed by atoms with Crippen LogP contribution in [-0.2, 0) is 6.42 Å². The average Bonchev–Trinajstić information content (AvgIpc) is 3.06. The first-order valence-corrected chi connectivity index (χ1v) is 9.74. The van der Waals surface area contributed by atoms with Crippen LogP contribution in [0.25, 0.3) is 22.2 Å². The standard InChI is InChI=1S/C22H15Cl2F3N2O/c1-12-6-8-13(9-7-12)10-18-28-16-11-15(23)19(20(24)21(16)29-18)14-4-2-3-5-17(14)30-22(25,26)27/h2-9,11H,10H2,1H3,(H,28,29). The van der Waals surface area contributed by atoms with Crippen molar-refractivity contribution in [2.24, 2.45) is 0 Å². The minimum absolute atomic E-state index is 0.134. The molecule has 30 heavy (non-hydrogen) atoms. The van der Waals surface area contributed by atoms with E-state index in [1.807, 2.05) is 31.2 Å². The van der Waals surface area contributed by atoms with Crippen LogP contribution in [0.5, 0.6) is 5.75 Å². The molecule has 0 saturated carbocycles. The van der Waals surface area contributed by atoms with Gasteiger partial charge in [0.25, 0.3) is 0 Å². The van der Waals surface area contributed by atoms with E-state index in [0.29, 0.717) is 23.3 Å². The predicted octanol–water partition coefficient (Wildman–Crippen LogP) is 7.33. The first kappa shape index (κ1) is 20.6. The van der Waals surface area contributed by atoms with Gasteiger partial charge in [0, 0.05) is 17.5 Å². The molecule has 3 aromatic carbocycles. The summed E-state index contributed by atoms with van der Waals surface area (Å²) in [6.45, 7) is 2.01. The number of imidazole rings is 1. The highest BCUT2D eigenvalue weighted by molar-refractivity contribution is 6.42. The summed E-state index contributed by atoms with van der Waals surface area (Å²) < 4.78 is 42.6. The van der Waals surface area contributed by atoms with Crippen molar-refractivity contribution in [2.45, 2.75) is 19.7 Å². The largest absolute Gasteiger partial charge is 0.573 e. The Morgan fingerprint density at radius 1 is 1.03 bits per heavy atom. The van der Waals surface area contributed by atoms with E-state index < -0.39 is 6.36 Å². The van der Waals surface area contributed by atoms with Gasteiger partial charge in [-0.25, -0.2) is 4.98 Å². The molecule has 1 N–H and O–H groups in total. The number of aryl methyl sites for hydroxylation is 1. The highest BCUT2D eigenvalue weighted by Gasteiger charge is 2.32. The van der Waals surface area contributed by atoms with Gasteiger partial charge in [-0.05, 0) is 24.6 Å². The molecule has 0 atom stereocenters. The Morgan fingerprint density at radius 2 is 1.73 bits per heavy atom. The minimum atomic E-state index is -4.84. The summed E-state index contributed by atoms with van der Waals surface area (Å²) in [6.07, 6.45) is -4.29. The third-order valence-corrected chi connectivity index (χ3v) is 5.26. The molecule has 0 amide bonds. The van der Waals surface area contributed by atoms with E-state index in [9.17, 15) is 13.2 Å². The molecule has 0 unspecified atom stereocenters. The number of para-hydroxylation sites is 1. The number of hydrogen-bond donors (Lipinski definition) is 1. The maximum absolute atomic E-state index is 12.8. The molecule has 0 saturated heterocycles. The first-order chi connectivity index (χ1) is 14.2. The molecular weight excluding hydrogens is 436 g/mol. The van der Waals surface area contributed by atoms with Crippen molar-refractivity contribution in [3.05, 3.63) is 81.6 Å². The number of aromatic amines is 1. The van der Waals surface area contributed by atoms with E-state index >= 15 is 0 Å². The van der Waals surface area contributed by atoms with Crippen LogP contribution < -0.4 is 4.74 Å². The second-order valence-corrected chi connectivity index (χ2v) is 7.62. The monoisotopic (exact) mass is 450 g/mol. The quantitative estimate of drug-likeness (QED) is 0.353. The lowest BCUT2D eigenvalue weighted by molar-refractivity contribution is -0.274. The smallest absolute Gasteiger partial charge is 0.405 e. The molecule has 0 radical (unpaired) electrons. The van der Waals surface area contributed by atoms with Crippen molar-refractivity contribution in [3.8, 4) is 16.9 Å². The maximum Gasteiger partial charge on any atom is 0.573 e. The lowest BCUT2D eigenvalue weighted by Gasteiger charge is -2.15. The minimum Gasteiger partial charge on any atom is -0.405 e. The molecule has 8 heteroatoms. The highest BCUT2D eigenvalue weighted by atomic mass is 35.5. The molecule has 1 aromatic heterocycles. The van der Waals surface area contributed by atoms with Gasteiger partial charge in [0.05, 0.1) is 15.6 Å². The zero-order valence-electron chi connectivity index (χ0n) is 15.6. The molecular formula is C22H15Cl2F3N2O. The van der Waals surface area contributed by atoms with Crippen molar-refractivity contribution in [1.29, 1.82) is 0 Å². The van der Waals surface area contributed by atoms with Gasteiger partial charge in [-0.1, -0.05) is 71.2 Å². The van der Waals surface area contributed by atoms with Crippen LogP contribution in [0.1, 0.15) is 17.0 Å². The second kappa shape index (κ2) is 7.85. The summed E-state index contributed by atoms with van der Waals surface area (Å²) in [5.41, 5.74) is 3.62. The molecule has 154 valence electrons. The van der Waals surface area contributed by atoms with E-state index in [1.54, 1.807) is 12.1 Å². The molecule has 0 aliphatic carbocycles. The van der Waals surface area contributed by atoms with Gasteiger partial charge in [-0.2, -0.15) is 0 Å². The number of rotatable bonds is 4. The Morgan fingerprint density at radius 3 is 2.43 bits per heavy atom. The number of benzene rings is 3. The highest BCUT2D eigenvalue weighted by Crippen LogP contribution is 2.44. The van der Waals surface area contributed by atoms with Crippen LogP contribution in [0.4, 0.5) is 13.2 Å². The van der Waals surface area contributed by atoms with E-state index in [-0.39, 0.29) is 26.9 Å². The van der Waals surface area contributed by atoms with Crippen molar-refractivity contribution in [1.82, 2.24) is 9.97 Å². The van der Waals surface area contributed by atoms with Gasteiger partial charge in [0.1, 0.15) is 17.1 Å². The van der Waals surface area contributed by atoms with Crippen LogP contribution >= 0.6 is 23.2 Å². The maximum atomic E-state index is 12.8. The summed E-state index contributed by atoms with van der Waals surface area (Å²) in [5, 5.41) is 0.346. The van der Waals surface area contributed by atoms with E-state index in [2.05, 4.69) is 14.7 Å². The van der Waals surface area contributed by atoms with Gasteiger partial charge in [0.15, 0.2) is 0 Å². The SMILES string of the molecule is Cc1ccc(Cc2nc3c(Cl)c(-c4ccccc4OC(F)(F)F)c(Cl)cc3[nH]2)cc1. The van der Waals surface area contributed by atoms with Crippen molar-refractivity contribution < 1.29 is 17.9 Å². The molecule has 0 spiro atoms. The number of nitrogens with one attached hydrogen (secondary N) is 1. The number of alkyl halides is 3. The Labute approximate surface area is 180 Å². The molecule has 0 aliphatic heterocycles. The molecule has 4 aromatic rings. The summed E-state index contributed by atoms with van der Waals surface area (Å²) >= 11 is 13.0. The van der Waals surface area contributed by atoms with Gasteiger partial charge in [-0.3, -0.25) is 0 Å². The normalized spacial score (nSPS) is 11.8. The fraction of sp³-hybridized carbons (Fsp3) is 0.136. The number of fused-ring (bicyclic) bond motifs is 1. The molecule has 0 fully saturated rings. The molecule has 0 bridgehead atoms. The summed E-state index contributed by atoms with van der Waals surface area (Å²) in [6, 6.07) is 15.4. The Kier molecular flexibility index (Phi) is 5.38. The zero-order valence-corrected chi connectivity index (χ0v) is 17.2. The summed E-state index contributed by atoms with van der Waals surface area (Å²) in [4.78, 5) is 7.73. The Bertz CT molecular complexity index is 1220. The van der Waals surface area contributed by atoms with Gasteiger partial charge >= 0.3 is 6.36 Å². The predicted molar refractivity (Wildman–Crippen MR) is 112 cm³/mol. The molecule has 1 heterocycles. The van der Waals surface area contributed by atoms with Crippen LogP contribution in [-0.4, -0.2) is 16.3 Å². The number of nitrogens with zero attached hydrogens (tertiary/aromatic N) is 1. The van der Waals surface area contributed by atoms with E-state index in [1.165, 1.54) is 18.2 Å². The Hall–Kier alpha value is -2.70. The fourth-order valence-electron chi connectivity index (χ4n) is 3.25. The van der Waals surface area contributed by atoms with Crippen molar-refractivity contribution >= 4 is 34.2 Å². The Balaban J connectivity index is 1.78. The molecule has 0 aliphatic rings.